The van der Waals surface area contributed by atoms with Crippen LogP contribution in [0.5, 0.6) is 0 Å². The van der Waals surface area contributed by atoms with Crippen molar-refractivity contribution in [2.45, 2.75) is 0 Å². The Balaban J connectivity index is 1.34. The van der Waals surface area contributed by atoms with Crippen LogP contribution in [0.3, 0.4) is 0 Å². The Kier molecular flexibility index (Phi) is 5.53. The maximum Gasteiger partial charge on any atom is 0.226 e. The van der Waals surface area contributed by atoms with Gasteiger partial charge in [0, 0.05) is 11.1 Å². The van der Waals surface area contributed by atoms with Crippen molar-refractivity contribution < 1.29 is 0 Å². The predicted molar refractivity (Wildman–Crippen MR) is 144 cm³/mol. The summed E-state index contributed by atoms with van der Waals surface area (Å²) >= 11 is 6.32. The molecule has 3 nitrogen and oxygen atoms in total. The third kappa shape index (κ3) is 4.42. The van der Waals surface area contributed by atoms with Gasteiger partial charge in [-0.15, -0.1) is 0 Å². The minimum Gasteiger partial charge on any atom is -0.208 e. The van der Waals surface area contributed by atoms with Gasteiger partial charge in [0.2, 0.25) is 5.28 Å². The van der Waals surface area contributed by atoms with Gasteiger partial charge in [0.25, 0.3) is 0 Å². The van der Waals surface area contributed by atoms with Crippen molar-refractivity contribution in [3.05, 3.63) is 127 Å². The average molecular weight is 470 g/mol. The van der Waals surface area contributed by atoms with Gasteiger partial charge in [-0.25, -0.2) is 4.98 Å². The molecule has 1 aromatic heterocycles. The quantitative estimate of drug-likeness (QED) is 0.260. The fraction of sp³-hybridized carbons (Fsp3) is 0. The van der Waals surface area contributed by atoms with Crippen LogP contribution in [0.15, 0.2) is 121 Å². The summed E-state index contributed by atoms with van der Waals surface area (Å²) in [5.41, 5.74) is 6.49. The molecule has 0 unspecified atom stereocenters. The molecule has 166 valence electrons. The van der Waals surface area contributed by atoms with E-state index in [9.17, 15) is 0 Å². The lowest BCUT2D eigenvalue weighted by Gasteiger charge is -2.08. The highest BCUT2D eigenvalue weighted by atomic mass is 35.5. The molecular weight excluding hydrogens is 450 g/mol. The minimum atomic E-state index is 0.177. The van der Waals surface area contributed by atoms with Crippen LogP contribution < -0.4 is 0 Å². The highest BCUT2D eigenvalue weighted by Crippen LogP contribution is 2.29. The van der Waals surface area contributed by atoms with E-state index in [0.717, 1.165) is 27.5 Å². The first-order valence-corrected chi connectivity index (χ1v) is 11.8. The fourth-order valence-corrected chi connectivity index (χ4v) is 4.41. The molecule has 5 aromatic carbocycles. The first kappa shape index (κ1) is 21.2. The smallest absolute Gasteiger partial charge is 0.208 e. The maximum absolute atomic E-state index is 6.32. The summed E-state index contributed by atoms with van der Waals surface area (Å²) in [7, 11) is 0. The number of fused-ring (bicyclic) bond motifs is 1. The second-order valence-corrected chi connectivity index (χ2v) is 8.68. The first-order chi connectivity index (χ1) is 17.2. The van der Waals surface area contributed by atoms with Crippen molar-refractivity contribution in [2.75, 3.05) is 0 Å². The zero-order valence-corrected chi connectivity index (χ0v) is 19.5. The molecule has 4 heteroatoms. The maximum atomic E-state index is 6.32. The average Bonchev–Trinajstić information content (AvgIpc) is 2.93. The van der Waals surface area contributed by atoms with Gasteiger partial charge >= 0.3 is 0 Å². The van der Waals surface area contributed by atoms with Gasteiger partial charge in [0.1, 0.15) is 0 Å². The van der Waals surface area contributed by atoms with Gasteiger partial charge in [-0.1, -0.05) is 109 Å². The van der Waals surface area contributed by atoms with Crippen molar-refractivity contribution in [2.24, 2.45) is 0 Å². The normalized spacial score (nSPS) is 11.0. The molecule has 0 bridgehead atoms. The van der Waals surface area contributed by atoms with Crippen molar-refractivity contribution in [3.8, 4) is 45.0 Å². The number of nitrogens with zero attached hydrogens (tertiary/aromatic N) is 3. The van der Waals surface area contributed by atoms with E-state index in [2.05, 4.69) is 88.8 Å². The molecule has 0 atom stereocenters. The Morgan fingerprint density at radius 3 is 1.43 bits per heavy atom. The number of rotatable bonds is 4. The molecular formula is C31H20ClN3. The molecule has 0 aliphatic heterocycles. The van der Waals surface area contributed by atoms with Crippen LogP contribution in [0.4, 0.5) is 0 Å². The first-order valence-electron chi connectivity index (χ1n) is 11.4. The van der Waals surface area contributed by atoms with Gasteiger partial charge in [-0.05, 0) is 56.8 Å². The third-order valence-corrected chi connectivity index (χ3v) is 6.23. The van der Waals surface area contributed by atoms with E-state index in [1.165, 1.54) is 16.7 Å². The topological polar surface area (TPSA) is 38.7 Å². The number of hydrogen-bond donors (Lipinski definition) is 0. The highest BCUT2D eigenvalue weighted by Gasteiger charge is 2.11. The number of halogens is 1. The molecule has 0 N–H and O–H groups in total. The summed E-state index contributed by atoms with van der Waals surface area (Å²) < 4.78 is 0. The molecule has 0 saturated carbocycles. The highest BCUT2D eigenvalue weighted by molar-refractivity contribution is 6.28. The lowest BCUT2D eigenvalue weighted by atomic mass is 10.00. The largest absolute Gasteiger partial charge is 0.226 e. The summed E-state index contributed by atoms with van der Waals surface area (Å²) in [6, 6.07) is 41.5. The van der Waals surface area contributed by atoms with Crippen LogP contribution in [0.25, 0.3) is 55.8 Å². The monoisotopic (exact) mass is 469 g/mol. The number of hydrogen-bond acceptors (Lipinski definition) is 3. The van der Waals surface area contributed by atoms with E-state index in [-0.39, 0.29) is 5.28 Å². The van der Waals surface area contributed by atoms with E-state index >= 15 is 0 Å². The Bertz CT molecular complexity index is 1630. The zero-order valence-electron chi connectivity index (χ0n) is 18.8. The molecule has 0 amide bonds. The van der Waals surface area contributed by atoms with Gasteiger partial charge in [0.05, 0.1) is 0 Å². The van der Waals surface area contributed by atoms with Crippen LogP contribution in [-0.4, -0.2) is 15.0 Å². The van der Waals surface area contributed by atoms with Crippen LogP contribution in [0.1, 0.15) is 0 Å². The summed E-state index contributed by atoms with van der Waals surface area (Å²) in [5, 5.41) is 2.45. The molecule has 35 heavy (non-hydrogen) atoms. The second kappa shape index (κ2) is 9.13. The Morgan fingerprint density at radius 1 is 0.371 bits per heavy atom. The van der Waals surface area contributed by atoms with Gasteiger partial charge in [-0.3, -0.25) is 0 Å². The SMILES string of the molecule is Clc1nc(-c2ccc(-c3ccccc3)cc2)nc(-c2ccc3cc(-c4ccccc4)ccc3c2)n1. The van der Waals surface area contributed by atoms with Crippen LogP contribution in [0.2, 0.25) is 5.28 Å². The molecule has 0 saturated heterocycles. The van der Waals surface area contributed by atoms with Crippen molar-refractivity contribution in [1.29, 1.82) is 0 Å². The Hall–Kier alpha value is -4.34. The van der Waals surface area contributed by atoms with Gasteiger partial charge < -0.3 is 0 Å². The summed E-state index contributed by atoms with van der Waals surface area (Å²) in [6.45, 7) is 0. The standard InChI is InChI=1S/C31H20ClN3/c32-31-34-29(24-13-11-23(12-14-24)21-7-3-1-4-8-21)33-30(35-31)28-18-17-26-19-25(15-16-27(26)20-28)22-9-5-2-6-10-22/h1-20H. The van der Waals surface area contributed by atoms with Crippen LogP contribution in [-0.2, 0) is 0 Å². The Morgan fingerprint density at radius 2 is 0.800 bits per heavy atom. The molecule has 0 aliphatic rings. The predicted octanol–water partition coefficient (Wildman–Crippen LogP) is 8.35. The van der Waals surface area contributed by atoms with E-state index in [0.29, 0.717) is 11.6 Å². The second-order valence-electron chi connectivity index (χ2n) is 8.34. The molecule has 1 heterocycles. The summed E-state index contributed by atoms with van der Waals surface area (Å²) in [5.74, 6) is 1.11. The minimum absolute atomic E-state index is 0.177. The van der Waals surface area contributed by atoms with Crippen molar-refractivity contribution in [3.63, 3.8) is 0 Å². The lowest BCUT2D eigenvalue weighted by molar-refractivity contribution is 1.07. The summed E-state index contributed by atoms with van der Waals surface area (Å²) in [4.78, 5) is 13.5. The zero-order chi connectivity index (χ0) is 23.6. The van der Waals surface area contributed by atoms with Gasteiger partial charge in [-0.2, -0.15) is 9.97 Å². The van der Waals surface area contributed by atoms with Gasteiger partial charge in [0.15, 0.2) is 11.6 Å². The number of benzene rings is 5. The number of aromatic nitrogens is 3. The molecule has 0 radical (unpaired) electrons. The van der Waals surface area contributed by atoms with Crippen LogP contribution in [0, 0.1) is 0 Å². The van der Waals surface area contributed by atoms with E-state index in [1.54, 1.807) is 0 Å². The van der Waals surface area contributed by atoms with E-state index in [4.69, 9.17) is 16.6 Å². The van der Waals surface area contributed by atoms with E-state index in [1.807, 2.05) is 42.5 Å². The van der Waals surface area contributed by atoms with Crippen molar-refractivity contribution >= 4 is 22.4 Å². The molecule has 0 spiro atoms. The lowest BCUT2D eigenvalue weighted by Crippen LogP contribution is -1.97. The fourth-order valence-electron chi connectivity index (χ4n) is 4.25. The summed E-state index contributed by atoms with van der Waals surface area (Å²) in [6.07, 6.45) is 0. The molecule has 0 fully saturated rings. The third-order valence-electron chi connectivity index (χ3n) is 6.06. The van der Waals surface area contributed by atoms with Crippen LogP contribution >= 0.6 is 11.6 Å². The Labute approximate surface area is 208 Å². The molecule has 6 aromatic rings. The molecule has 6 rings (SSSR count). The molecule has 0 aliphatic carbocycles. The van der Waals surface area contributed by atoms with E-state index < -0.39 is 0 Å². The van der Waals surface area contributed by atoms with Crippen molar-refractivity contribution in [1.82, 2.24) is 15.0 Å².